The summed E-state index contributed by atoms with van der Waals surface area (Å²) in [6, 6.07) is 3.62. The highest BCUT2D eigenvalue weighted by Crippen LogP contribution is 2.21. The fourth-order valence-corrected chi connectivity index (χ4v) is 3.92. The van der Waals surface area contributed by atoms with Gasteiger partial charge in [-0.25, -0.2) is 8.42 Å². The first kappa shape index (κ1) is 14.9. The van der Waals surface area contributed by atoms with Crippen LogP contribution in [-0.4, -0.2) is 42.3 Å². The summed E-state index contributed by atoms with van der Waals surface area (Å²) in [5.41, 5.74) is 0.0438. The molecule has 0 aliphatic carbocycles. The number of nitro groups is 1. The van der Waals surface area contributed by atoms with E-state index in [1.165, 1.54) is 6.07 Å². The lowest BCUT2D eigenvalue weighted by Crippen LogP contribution is -2.46. The third kappa shape index (κ3) is 3.31. The van der Waals surface area contributed by atoms with Gasteiger partial charge in [0.05, 0.1) is 16.4 Å². The van der Waals surface area contributed by atoms with E-state index in [1.807, 2.05) is 4.90 Å². The topological polar surface area (TPSA) is 80.5 Å². The van der Waals surface area contributed by atoms with Crippen molar-refractivity contribution in [1.82, 2.24) is 4.90 Å². The van der Waals surface area contributed by atoms with Crippen molar-refractivity contribution in [2.45, 2.75) is 19.5 Å². The van der Waals surface area contributed by atoms with E-state index < -0.39 is 26.3 Å². The van der Waals surface area contributed by atoms with E-state index in [0.29, 0.717) is 18.7 Å². The Labute approximate surface area is 116 Å². The molecule has 2 rings (SSSR count). The van der Waals surface area contributed by atoms with Gasteiger partial charge in [-0.1, -0.05) is 6.07 Å². The Morgan fingerprint density at radius 1 is 1.50 bits per heavy atom. The lowest BCUT2D eigenvalue weighted by molar-refractivity contribution is -0.387. The molecule has 1 aromatic carbocycles. The van der Waals surface area contributed by atoms with Crippen LogP contribution in [-0.2, 0) is 16.4 Å². The average molecular weight is 302 g/mol. The summed E-state index contributed by atoms with van der Waals surface area (Å²) in [7, 11) is -2.99. The van der Waals surface area contributed by atoms with Gasteiger partial charge in [0, 0.05) is 25.2 Å². The van der Waals surface area contributed by atoms with Gasteiger partial charge in [-0.15, -0.1) is 0 Å². The molecule has 6 nitrogen and oxygen atoms in total. The van der Waals surface area contributed by atoms with E-state index in [0.717, 1.165) is 12.1 Å². The van der Waals surface area contributed by atoms with E-state index >= 15 is 0 Å². The van der Waals surface area contributed by atoms with Gasteiger partial charge in [0.1, 0.15) is 0 Å². The van der Waals surface area contributed by atoms with Crippen LogP contribution >= 0.6 is 0 Å². The Hall–Kier alpha value is -1.54. The average Bonchev–Trinajstić information content (AvgIpc) is 2.32. The summed E-state index contributed by atoms with van der Waals surface area (Å²) >= 11 is 0. The standard InChI is InChI=1S/C12H15FN2O4S/c1-9-8-20(18,19)5-4-14(9)7-10-2-3-12(15(16)17)11(13)6-10/h2-3,6,9H,4-5,7-8H2,1H3. The third-order valence-electron chi connectivity index (χ3n) is 3.40. The predicted octanol–water partition coefficient (Wildman–Crippen LogP) is 1.35. The molecule has 0 aromatic heterocycles. The van der Waals surface area contributed by atoms with E-state index in [2.05, 4.69) is 0 Å². The molecule has 0 spiro atoms. The Morgan fingerprint density at radius 3 is 2.75 bits per heavy atom. The minimum absolute atomic E-state index is 0.0858. The van der Waals surface area contributed by atoms with Gasteiger partial charge in [0.25, 0.3) is 0 Å². The van der Waals surface area contributed by atoms with E-state index in [1.54, 1.807) is 6.92 Å². The molecule has 0 bridgehead atoms. The molecule has 1 unspecified atom stereocenters. The molecule has 0 saturated carbocycles. The molecule has 1 heterocycles. The zero-order valence-electron chi connectivity index (χ0n) is 11.0. The molecular weight excluding hydrogens is 287 g/mol. The molecule has 1 aliphatic rings. The molecule has 20 heavy (non-hydrogen) atoms. The zero-order chi connectivity index (χ0) is 14.9. The number of hydrogen-bond donors (Lipinski definition) is 0. The Balaban J connectivity index is 2.11. The number of rotatable bonds is 3. The molecule has 0 radical (unpaired) electrons. The second kappa shape index (κ2) is 5.45. The molecule has 0 amide bonds. The maximum Gasteiger partial charge on any atom is 0.304 e. The molecule has 1 saturated heterocycles. The summed E-state index contributed by atoms with van der Waals surface area (Å²) < 4.78 is 36.5. The lowest BCUT2D eigenvalue weighted by atomic mass is 10.1. The predicted molar refractivity (Wildman–Crippen MR) is 71.6 cm³/mol. The van der Waals surface area contributed by atoms with Crippen LogP contribution in [0.3, 0.4) is 0 Å². The number of nitrogens with zero attached hydrogens (tertiary/aromatic N) is 2. The third-order valence-corrected chi connectivity index (χ3v) is 5.20. The van der Waals surface area contributed by atoms with E-state index in [9.17, 15) is 22.9 Å². The molecule has 0 N–H and O–H groups in total. The minimum atomic E-state index is -2.99. The molecule has 1 aromatic rings. The fourth-order valence-electron chi connectivity index (χ4n) is 2.30. The van der Waals surface area contributed by atoms with Gasteiger partial charge < -0.3 is 0 Å². The highest BCUT2D eigenvalue weighted by Gasteiger charge is 2.28. The van der Waals surface area contributed by atoms with Crippen molar-refractivity contribution in [3.8, 4) is 0 Å². The van der Waals surface area contributed by atoms with Crippen LogP contribution in [0.4, 0.5) is 10.1 Å². The van der Waals surface area contributed by atoms with E-state index in [-0.39, 0.29) is 17.5 Å². The Morgan fingerprint density at radius 2 is 2.20 bits per heavy atom. The molecule has 1 fully saturated rings. The van der Waals surface area contributed by atoms with Crippen molar-refractivity contribution in [1.29, 1.82) is 0 Å². The highest BCUT2D eigenvalue weighted by atomic mass is 32.2. The quantitative estimate of drug-likeness (QED) is 0.622. The Kier molecular flexibility index (Phi) is 4.05. The summed E-state index contributed by atoms with van der Waals surface area (Å²) in [5.74, 6) is -0.695. The van der Waals surface area contributed by atoms with Crippen LogP contribution < -0.4 is 0 Å². The number of nitro benzene ring substituents is 1. The number of benzene rings is 1. The summed E-state index contributed by atoms with van der Waals surface area (Å²) in [6.45, 7) is 2.58. The van der Waals surface area contributed by atoms with Gasteiger partial charge in [-0.3, -0.25) is 15.0 Å². The van der Waals surface area contributed by atoms with Crippen LogP contribution in [0.1, 0.15) is 12.5 Å². The van der Waals surface area contributed by atoms with Crippen molar-refractivity contribution in [3.05, 3.63) is 39.7 Å². The van der Waals surface area contributed by atoms with Crippen LogP contribution in [0, 0.1) is 15.9 Å². The zero-order valence-corrected chi connectivity index (χ0v) is 11.8. The SMILES string of the molecule is CC1CS(=O)(=O)CCN1Cc1ccc([N+](=O)[O-])c(F)c1. The number of hydrogen-bond acceptors (Lipinski definition) is 5. The molecule has 1 atom stereocenters. The van der Waals surface area contributed by atoms with Gasteiger partial charge in [-0.05, 0) is 18.6 Å². The maximum atomic E-state index is 13.5. The van der Waals surface area contributed by atoms with Crippen molar-refractivity contribution < 1.29 is 17.7 Å². The first-order valence-corrected chi connectivity index (χ1v) is 7.98. The monoisotopic (exact) mass is 302 g/mol. The first-order chi connectivity index (χ1) is 9.28. The molecule has 110 valence electrons. The first-order valence-electron chi connectivity index (χ1n) is 6.16. The second-order valence-corrected chi connectivity index (χ2v) is 7.21. The minimum Gasteiger partial charge on any atom is -0.294 e. The second-order valence-electron chi connectivity index (χ2n) is 4.98. The smallest absolute Gasteiger partial charge is 0.294 e. The van der Waals surface area contributed by atoms with Crippen LogP contribution in [0.15, 0.2) is 18.2 Å². The van der Waals surface area contributed by atoms with Crippen LogP contribution in [0.2, 0.25) is 0 Å². The summed E-state index contributed by atoms with van der Waals surface area (Å²) in [5, 5.41) is 10.5. The van der Waals surface area contributed by atoms with Gasteiger partial charge >= 0.3 is 5.69 Å². The van der Waals surface area contributed by atoms with Crippen molar-refractivity contribution >= 4 is 15.5 Å². The van der Waals surface area contributed by atoms with Crippen LogP contribution in [0.25, 0.3) is 0 Å². The van der Waals surface area contributed by atoms with Crippen LogP contribution in [0.5, 0.6) is 0 Å². The molecular formula is C12H15FN2O4S. The van der Waals surface area contributed by atoms with Gasteiger partial charge in [0.15, 0.2) is 9.84 Å². The Bertz CT molecular complexity index is 632. The molecule has 8 heteroatoms. The van der Waals surface area contributed by atoms with Crippen molar-refractivity contribution in [2.24, 2.45) is 0 Å². The summed E-state index contributed by atoms with van der Waals surface area (Å²) in [6.07, 6.45) is 0. The van der Waals surface area contributed by atoms with Crippen molar-refractivity contribution in [3.63, 3.8) is 0 Å². The molecule has 1 aliphatic heterocycles. The fraction of sp³-hybridized carbons (Fsp3) is 0.500. The lowest BCUT2D eigenvalue weighted by Gasteiger charge is -2.33. The van der Waals surface area contributed by atoms with Gasteiger partial charge in [0.2, 0.25) is 5.82 Å². The van der Waals surface area contributed by atoms with Crippen molar-refractivity contribution in [2.75, 3.05) is 18.1 Å². The highest BCUT2D eigenvalue weighted by molar-refractivity contribution is 7.91. The maximum absolute atomic E-state index is 13.5. The largest absolute Gasteiger partial charge is 0.304 e. The number of sulfone groups is 1. The normalized spacial score (nSPS) is 22.6. The van der Waals surface area contributed by atoms with Gasteiger partial charge in [-0.2, -0.15) is 4.39 Å². The number of halogens is 1. The van der Waals surface area contributed by atoms with E-state index in [4.69, 9.17) is 0 Å². The summed E-state index contributed by atoms with van der Waals surface area (Å²) in [4.78, 5) is 11.7.